The van der Waals surface area contributed by atoms with Crippen LogP contribution in [0.3, 0.4) is 0 Å². The van der Waals surface area contributed by atoms with Crippen molar-refractivity contribution in [3.8, 4) is 0 Å². The molecule has 0 spiro atoms. The van der Waals surface area contributed by atoms with Crippen LogP contribution >= 0.6 is 0 Å². The fraction of sp³-hybridized carbons (Fsp3) is 0.167. The van der Waals surface area contributed by atoms with Crippen molar-refractivity contribution in [1.82, 2.24) is 4.98 Å². The van der Waals surface area contributed by atoms with Crippen LogP contribution in [0.1, 0.15) is 27.0 Å². The number of carbonyl (C=O) groups is 1. The molecule has 3 rings (SSSR count). The molecule has 0 saturated carbocycles. The summed E-state index contributed by atoms with van der Waals surface area (Å²) in [5.74, 6) is 0.160. The third-order valence-corrected chi connectivity index (χ3v) is 3.58. The van der Waals surface area contributed by atoms with E-state index in [2.05, 4.69) is 17.1 Å². The van der Waals surface area contributed by atoms with Crippen molar-refractivity contribution in [3.63, 3.8) is 0 Å². The molecule has 1 heterocycles. The highest BCUT2D eigenvalue weighted by Gasteiger charge is 2.12. The highest BCUT2D eigenvalue weighted by atomic mass is 16.1. The fourth-order valence-electron chi connectivity index (χ4n) is 2.57. The summed E-state index contributed by atoms with van der Waals surface area (Å²) in [4.78, 5) is 15.7. The molecule has 0 atom stereocenters. The first-order valence-corrected chi connectivity index (χ1v) is 6.80. The number of aromatic nitrogens is 1. The Balaban J connectivity index is 1.94. The zero-order valence-corrected chi connectivity index (χ0v) is 11.7. The summed E-state index contributed by atoms with van der Waals surface area (Å²) in [6.45, 7) is 4.09. The summed E-state index contributed by atoms with van der Waals surface area (Å²) in [5.41, 5.74) is 5.22. The predicted octanol–water partition coefficient (Wildman–Crippen LogP) is 4.21. The van der Waals surface area contributed by atoms with Crippen LogP contribution in [-0.4, -0.2) is 10.8 Å². The van der Waals surface area contributed by atoms with Crippen molar-refractivity contribution >= 4 is 16.7 Å². The number of H-pyrrole nitrogens is 1. The number of carbonyl (C=O) groups excluding carboxylic acids is 1. The van der Waals surface area contributed by atoms with Gasteiger partial charge in [0.25, 0.3) is 0 Å². The average Bonchev–Trinajstić information content (AvgIpc) is 2.81. The minimum absolute atomic E-state index is 0.160. The Morgan fingerprint density at radius 2 is 1.85 bits per heavy atom. The molecule has 0 saturated heterocycles. The minimum atomic E-state index is 0.160. The molecule has 0 bridgehead atoms. The zero-order valence-electron chi connectivity index (χ0n) is 11.7. The summed E-state index contributed by atoms with van der Waals surface area (Å²) in [5, 5.41) is 1.02. The third-order valence-electron chi connectivity index (χ3n) is 3.58. The lowest BCUT2D eigenvalue weighted by Crippen LogP contribution is -2.02. The van der Waals surface area contributed by atoms with Gasteiger partial charge >= 0.3 is 0 Å². The molecule has 0 radical (unpaired) electrons. The van der Waals surface area contributed by atoms with Crippen molar-refractivity contribution in [2.75, 3.05) is 0 Å². The number of benzene rings is 2. The van der Waals surface area contributed by atoms with E-state index in [9.17, 15) is 4.79 Å². The molecule has 3 aromatic rings. The number of aromatic amines is 1. The zero-order chi connectivity index (χ0) is 14.1. The Bertz CT molecular complexity index is 783. The maximum Gasteiger partial charge on any atom is 0.169 e. The maximum atomic E-state index is 12.5. The second-order valence-corrected chi connectivity index (χ2v) is 5.34. The smallest absolute Gasteiger partial charge is 0.169 e. The molecule has 0 aliphatic rings. The van der Waals surface area contributed by atoms with Crippen LogP contribution in [0.5, 0.6) is 0 Å². The highest BCUT2D eigenvalue weighted by molar-refractivity contribution is 6.08. The number of rotatable bonds is 3. The van der Waals surface area contributed by atoms with E-state index < -0.39 is 0 Å². The molecule has 0 aliphatic heterocycles. The largest absolute Gasteiger partial charge is 0.360 e. The first-order chi connectivity index (χ1) is 9.63. The summed E-state index contributed by atoms with van der Waals surface area (Å²) in [7, 11) is 0. The van der Waals surface area contributed by atoms with E-state index in [1.165, 1.54) is 11.1 Å². The van der Waals surface area contributed by atoms with Gasteiger partial charge in [0.05, 0.1) is 0 Å². The molecule has 0 unspecified atom stereocenters. The number of hydrogen-bond acceptors (Lipinski definition) is 1. The monoisotopic (exact) mass is 263 g/mol. The van der Waals surface area contributed by atoms with E-state index >= 15 is 0 Å². The quantitative estimate of drug-likeness (QED) is 0.705. The van der Waals surface area contributed by atoms with Gasteiger partial charge in [-0.2, -0.15) is 0 Å². The van der Waals surface area contributed by atoms with Crippen molar-refractivity contribution in [1.29, 1.82) is 0 Å². The van der Waals surface area contributed by atoms with Gasteiger partial charge < -0.3 is 4.98 Å². The van der Waals surface area contributed by atoms with Gasteiger partial charge in [-0.05, 0) is 31.5 Å². The molecular formula is C18H17NO. The number of hydrogen-bond donors (Lipinski definition) is 1. The predicted molar refractivity (Wildman–Crippen MR) is 82.2 cm³/mol. The summed E-state index contributed by atoms with van der Waals surface area (Å²) < 4.78 is 0. The summed E-state index contributed by atoms with van der Waals surface area (Å²) in [6, 6.07) is 14.3. The van der Waals surface area contributed by atoms with Crippen molar-refractivity contribution < 1.29 is 4.79 Å². The Kier molecular flexibility index (Phi) is 3.15. The number of nitrogens with one attached hydrogen (secondary N) is 1. The summed E-state index contributed by atoms with van der Waals surface area (Å²) >= 11 is 0. The molecule has 20 heavy (non-hydrogen) atoms. The van der Waals surface area contributed by atoms with Crippen LogP contribution in [0, 0.1) is 13.8 Å². The molecule has 0 aliphatic carbocycles. The normalized spacial score (nSPS) is 10.9. The van der Waals surface area contributed by atoms with Crippen molar-refractivity contribution in [3.05, 3.63) is 70.9 Å². The van der Waals surface area contributed by atoms with Gasteiger partial charge in [0.15, 0.2) is 5.78 Å². The second kappa shape index (κ2) is 4.97. The topological polar surface area (TPSA) is 32.9 Å². The molecule has 2 aromatic carbocycles. The van der Waals surface area contributed by atoms with E-state index in [4.69, 9.17) is 0 Å². The first-order valence-electron chi connectivity index (χ1n) is 6.80. The van der Waals surface area contributed by atoms with Crippen molar-refractivity contribution in [2.45, 2.75) is 20.3 Å². The molecule has 1 aromatic heterocycles. The Morgan fingerprint density at radius 3 is 2.65 bits per heavy atom. The lowest BCUT2D eigenvalue weighted by Gasteiger charge is -2.02. The van der Waals surface area contributed by atoms with Crippen molar-refractivity contribution in [2.24, 2.45) is 0 Å². The minimum Gasteiger partial charge on any atom is -0.360 e. The number of fused-ring (bicyclic) bond motifs is 1. The second-order valence-electron chi connectivity index (χ2n) is 5.34. The molecule has 0 amide bonds. The van der Waals surface area contributed by atoms with Crippen LogP contribution in [0.15, 0.2) is 48.7 Å². The van der Waals surface area contributed by atoms with E-state index in [-0.39, 0.29) is 5.78 Å². The lowest BCUT2D eigenvalue weighted by atomic mass is 10.0. The lowest BCUT2D eigenvalue weighted by molar-refractivity contribution is 0.0994. The maximum absolute atomic E-state index is 12.5. The Morgan fingerprint density at radius 1 is 1.05 bits per heavy atom. The Labute approximate surface area is 118 Å². The van der Waals surface area contributed by atoms with Gasteiger partial charge in [0, 0.05) is 29.1 Å². The van der Waals surface area contributed by atoms with Crippen LogP contribution in [-0.2, 0) is 6.42 Å². The van der Waals surface area contributed by atoms with Gasteiger partial charge in [0.1, 0.15) is 0 Å². The molecule has 1 N–H and O–H groups in total. The van der Waals surface area contributed by atoms with Gasteiger partial charge in [0.2, 0.25) is 0 Å². The van der Waals surface area contributed by atoms with Gasteiger partial charge in [-0.25, -0.2) is 0 Å². The molecule has 2 nitrogen and oxygen atoms in total. The van der Waals surface area contributed by atoms with Crippen LogP contribution in [0.25, 0.3) is 10.9 Å². The Hall–Kier alpha value is -2.35. The third kappa shape index (κ3) is 2.37. The molecule has 0 fully saturated rings. The van der Waals surface area contributed by atoms with E-state index in [1.54, 1.807) is 0 Å². The van der Waals surface area contributed by atoms with Gasteiger partial charge in [-0.3, -0.25) is 4.79 Å². The van der Waals surface area contributed by atoms with E-state index in [0.717, 1.165) is 22.0 Å². The van der Waals surface area contributed by atoms with Crippen LogP contribution in [0.4, 0.5) is 0 Å². The van der Waals surface area contributed by atoms with Crippen LogP contribution < -0.4 is 0 Å². The fourth-order valence-corrected chi connectivity index (χ4v) is 2.57. The summed E-state index contributed by atoms with van der Waals surface area (Å²) in [6.07, 6.45) is 2.27. The average molecular weight is 263 g/mol. The number of aryl methyl sites for hydroxylation is 2. The van der Waals surface area contributed by atoms with Gasteiger partial charge in [-0.15, -0.1) is 0 Å². The molecular weight excluding hydrogens is 246 g/mol. The van der Waals surface area contributed by atoms with Gasteiger partial charge in [-0.1, -0.05) is 41.5 Å². The number of ketones is 1. The van der Waals surface area contributed by atoms with Crippen LogP contribution in [0.2, 0.25) is 0 Å². The highest BCUT2D eigenvalue weighted by Crippen LogP contribution is 2.21. The SMILES string of the molecule is Cc1cccc(CC(=O)c2c[nH]c3ccc(C)cc23)c1. The van der Waals surface area contributed by atoms with E-state index in [1.807, 2.05) is 50.4 Å². The standard InChI is InChI=1S/C18H17NO/c1-12-4-3-5-14(8-12)10-18(20)16-11-19-17-7-6-13(2)9-15(16)17/h3-9,11,19H,10H2,1-2H3. The first kappa shape index (κ1) is 12.7. The van der Waals surface area contributed by atoms with E-state index in [0.29, 0.717) is 6.42 Å². The number of Topliss-reactive ketones (excluding diaryl/α,β-unsaturated/α-hetero) is 1. The molecule has 2 heteroatoms. The molecule has 100 valence electrons.